The highest BCUT2D eigenvalue weighted by molar-refractivity contribution is 5.90. The number of carbonyl (C=O) groups is 1. The summed E-state index contributed by atoms with van der Waals surface area (Å²) >= 11 is 0. The van der Waals surface area contributed by atoms with E-state index in [0.717, 1.165) is 43.0 Å². The zero-order valence-electron chi connectivity index (χ0n) is 25.9. The molecule has 48 heavy (non-hydrogen) atoms. The fourth-order valence-electron chi connectivity index (χ4n) is 8.14. The lowest BCUT2D eigenvalue weighted by atomic mass is 9.61. The molecule has 6 aromatic rings. The summed E-state index contributed by atoms with van der Waals surface area (Å²) in [5.41, 5.74) is 2.50. The van der Waals surface area contributed by atoms with E-state index >= 15 is 8.78 Å². The molecule has 2 unspecified atom stereocenters. The number of halogens is 2. The molecule has 0 saturated heterocycles. The highest BCUT2D eigenvalue weighted by atomic mass is 19.1. The second-order valence-electron chi connectivity index (χ2n) is 12.8. The van der Waals surface area contributed by atoms with Crippen LogP contribution >= 0.6 is 0 Å². The molecule has 240 valence electrons. The van der Waals surface area contributed by atoms with E-state index in [9.17, 15) is 9.90 Å². The van der Waals surface area contributed by atoms with E-state index in [1.54, 1.807) is 18.3 Å². The number of carboxylic acid groups (broad SMARTS) is 1. The van der Waals surface area contributed by atoms with Crippen molar-refractivity contribution in [2.24, 2.45) is 17.8 Å². The molecule has 3 saturated carbocycles. The first kappa shape index (κ1) is 29.9. The van der Waals surface area contributed by atoms with Gasteiger partial charge in [0.2, 0.25) is 0 Å². The summed E-state index contributed by atoms with van der Waals surface area (Å²) in [6.45, 7) is 0. The number of H-pyrrole nitrogens is 1. The summed E-state index contributed by atoms with van der Waals surface area (Å²) in [7, 11) is 0. The molecule has 2 bridgehead atoms. The highest BCUT2D eigenvalue weighted by Crippen LogP contribution is 2.48. The number of hydrogen-bond acceptors (Lipinski definition) is 6. The standard InChI is InChI=1S/C38H32F2N6O2/c39-29-14-8-7-13-28(29)38(24-9-3-1-4-10-24,25-11-5-2-6-12-25)26-19-27-33(45-46-34(27)41-20-26)36-42-21-30(40)35(44-36)43-32-23-17-15-22(16-18-23)31(32)37(47)48/h1-14,19-23,31-32H,15-18H2,(H,47,48)(H,41,45,46)(H,42,43,44). The van der Waals surface area contributed by atoms with Gasteiger partial charge in [0.15, 0.2) is 23.1 Å². The molecule has 3 fully saturated rings. The predicted octanol–water partition coefficient (Wildman–Crippen LogP) is 7.38. The summed E-state index contributed by atoms with van der Waals surface area (Å²) in [6.07, 6.45) is 6.33. The van der Waals surface area contributed by atoms with Gasteiger partial charge in [-0.2, -0.15) is 5.10 Å². The molecule has 0 spiro atoms. The number of aromatic nitrogens is 5. The molecule has 3 heterocycles. The van der Waals surface area contributed by atoms with E-state index in [4.69, 9.17) is 4.98 Å². The molecule has 8 nitrogen and oxygen atoms in total. The lowest BCUT2D eigenvalue weighted by Gasteiger charge is -2.47. The van der Waals surface area contributed by atoms with Gasteiger partial charge in [0.05, 0.1) is 22.9 Å². The van der Waals surface area contributed by atoms with Crippen molar-refractivity contribution >= 4 is 22.8 Å². The molecular formula is C38H32F2N6O2. The molecule has 3 N–H and O–H groups in total. The normalized spacial score (nSPS) is 20.5. The number of anilines is 1. The average molecular weight is 643 g/mol. The maximum atomic E-state index is 16.0. The van der Waals surface area contributed by atoms with Crippen LogP contribution in [-0.2, 0) is 10.2 Å². The van der Waals surface area contributed by atoms with Crippen molar-refractivity contribution in [3.05, 3.63) is 137 Å². The van der Waals surface area contributed by atoms with Gasteiger partial charge in [-0.3, -0.25) is 9.89 Å². The Morgan fingerprint density at radius 3 is 2.10 bits per heavy atom. The quantitative estimate of drug-likeness (QED) is 0.148. The Hall–Kier alpha value is -5.51. The van der Waals surface area contributed by atoms with Gasteiger partial charge in [-0.25, -0.2) is 23.7 Å². The Morgan fingerprint density at radius 1 is 0.792 bits per heavy atom. The minimum atomic E-state index is -1.11. The largest absolute Gasteiger partial charge is 0.481 e. The van der Waals surface area contributed by atoms with E-state index in [-0.39, 0.29) is 29.3 Å². The molecule has 0 aliphatic heterocycles. The zero-order chi connectivity index (χ0) is 32.8. The van der Waals surface area contributed by atoms with Crippen LogP contribution in [0.2, 0.25) is 0 Å². The summed E-state index contributed by atoms with van der Waals surface area (Å²) in [6, 6.07) is 27.7. The van der Waals surface area contributed by atoms with E-state index in [2.05, 4.69) is 25.5 Å². The molecular weight excluding hydrogens is 610 g/mol. The fourth-order valence-corrected chi connectivity index (χ4v) is 8.14. The van der Waals surface area contributed by atoms with Crippen LogP contribution in [-0.4, -0.2) is 42.3 Å². The number of nitrogens with zero attached hydrogens (tertiary/aromatic N) is 4. The van der Waals surface area contributed by atoms with Crippen LogP contribution in [0.1, 0.15) is 47.9 Å². The van der Waals surface area contributed by atoms with Crippen LogP contribution in [0.25, 0.3) is 22.6 Å². The van der Waals surface area contributed by atoms with E-state index in [0.29, 0.717) is 27.9 Å². The van der Waals surface area contributed by atoms with Crippen molar-refractivity contribution in [1.29, 1.82) is 0 Å². The lowest BCUT2D eigenvalue weighted by Crippen LogP contribution is -2.51. The van der Waals surface area contributed by atoms with Gasteiger partial charge in [0.1, 0.15) is 11.5 Å². The maximum absolute atomic E-state index is 16.0. The van der Waals surface area contributed by atoms with E-state index < -0.39 is 29.2 Å². The number of hydrogen-bond donors (Lipinski definition) is 3. The number of benzene rings is 3. The van der Waals surface area contributed by atoms with Crippen molar-refractivity contribution in [2.45, 2.75) is 37.1 Å². The number of aromatic amines is 1. The van der Waals surface area contributed by atoms with Gasteiger partial charge in [-0.15, -0.1) is 0 Å². The SMILES string of the molecule is O=C(O)C1C2CCC(CC2)C1Nc1nc(-c2[nH]nc3ncc(C(c4ccccc4)(c4ccccc4)c4ccccc4F)cc23)ncc1F. The van der Waals surface area contributed by atoms with Crippen LogP contribution < -0.4 is 5.32 Å². The van der Waals surface area contributed by atoms with Gasteiger partial charge >= 0.3 is 5.97 Å². The first-order chi connectivity index (χ1) is 23.4. The van der Waals surface area contributed by atoms with Crippen LogP contribution in [0.5, 0.6) is 0 Å². The Labute approximate surface area is 275 Å². The van der Waals surface area contributed by atoms with Crippen molar-refractivity contribution in [3.63, 3.8) is 0 Å². The molecule has 3 aliphatic rings. The van der Waals surface area contributed by atoms with Crippen LogP contribution in [0.4, 0.5) is 14.6 Å². The summed E-state index contributed by atoms with van der Waals surface area (Å²) < 4.78 is 31.3. The van der Waals surface area contributed by atoms with E-state index in [1.165, 1.54) is 6.07 Å². The Morgan fingerprint density at radius 2 is 1.44 bits per heavy atom. The van der Waals surface area contributed by atoms with Gasteiger partial charge < -0.3 is 10.4 Å². The number of carboxylic acids is 1. The summed E-state index contributed by atoms with van der Waals surface area (Å²) in [5.74, 6) is -2.22. The Kier molecular flexibility index (Phi) is 7.43. The molecule has 2 atom stereocenters. The van der Waals surface area contributed by atoms with Crippen LogP contribution in [0.15, 0.2) is 103 Å². The average Bonchev–Trinajstić information content (AvgIpc) is 3.55. The number of pyridine rings is 1. The second-order valence-corrected chi connectivity index (χ2v) is 12.8. The van der Waals surface area contributed by atoms with Gasteiger partial charge in [0, 0.05) is 17.8 Å². The number of aliphatic carboxylic acids is 1. The van der Waals surface area contributed by atoms with Crippen molar-refractivity contribution in [3.8, 4) is 11.5 Å². The predicted molar refractivity (Wildman–Crippen MR) is 177 cm³/mol. The molecule has 3 aliphatic carbocycles. The topological polar surface area (TPSA) is 117 Å². The molecule has 3 aromatic heterocycles. The van der Waals surface area contributed by atoms with Gasteiger partial charge in [-0.05, 0) is 66.3 Å². The van der Waals surface area contributed by atoms with Gasteiger partial charge in [-0.1, -0.05) is 78.9 Å². The molecule has 3 aromatic carbocycles. The number of fused-ring (bicyclic) bond motifs is 4. The Bertz CT molecular complexity index is 2080. The fraction of sp³-hybridized carbons (Fsp3) is 0.237. The molecule has 0 radical (unpaired) electrons. The van der Waals surface area contributed by atoms with Crippen LogP contribution in [0.3, 0.4) is 0 Å². The minimum absolute atomic E-state index is 0.0510. The van der Waals surface area contributed by atoms with Crippen molar-refractivity contribution in [1.82, 2.24) is 25.1 Å². The zero-order valence-corrected chi connectivity index (χ0v) is 25.9. The third kappa shape index (κ3) is 4.82. The number of nitrogens with one attached hydrogen (secondary N) is 2. The van der Waals surface area contributed by atoms with E-state index in [1.807, 2.05) is 72.8 Å². The molecule has 0 amide bonds. The van der Waals surface area contributed by atoms with Crippen molar-refractivity contribution in [2.75, 3.05) is 5.32 Å². The lowest BCUT2D eigenvalue weighted by molar-refractivity contribution is -0.148. The highest BCUT2D eigenvalue weighted by Gasteiger charge is 2.48. The minimum Gasteiger partial charge on any atom is -0.481 e. The number of rotatable bonds is 8. The second kappa shape index (κ2) is 11.9. The first-order valence-electron chi connectivity index (χ1n) is 16.2. The van der Waals surface area contributed by atoms with Crippen LogP contribution in [0, 0.1) is 29.4 Å². The Balaban J connectivity index is 1.28. The monoisotopic (exact) mass is 642 g/mol. The van der Waals surface area contributed by atoms with Gasteiger partial charge in [0.25, 0.3) is 0 Å². The van der Waals surface area contributed by atoms with Crippen molar-refractivity contribution < 1.29 is 18.7 Å². The first-order valence-corrected chi connectivity index (χ1v) is 16.2. The maximum Gasteiger partial charge on any atom is 0.308 e. The third-order valence-electron chi connectivity index (χ3n) is 10.3. The third-order valence-corrected chi connectivity index (χ3v) is 10.3. The molecule has 9 rings (SSSR count). The molecule has 10 heteroatoms. The summed E-state index contributed by atoms with van der Waals surface area (Å²) in [5, 5.41) is 21.2. The smallest absolute Gasteiger partial charge is 0.308 e. The summed E-state index contributed by atoms with van der Waals surface area (Å²) in [4.78, 5) is 25.8.